The number of anilines is 3. The highest BCUT2D eigenvalue weighted by molar-refractivity contribution is 6.35. The zero-order chi connectivity index (χ0) is 28.3. The van der Waals surface area contributed by atoms with Gasteiger partial charge in [-0.15, -0.1) is 5.06 Å². The summed E-state index contributed by atoms with van der Waals surface area (Å²) in [4.78, 5) is 32.6. The predicted molar refractivity (Wildman–Crippen MR) is 161 cm³/mol. The molecule has 5 N–H and O–H groups in total. The molecule has 1 saturated heterocycles. The number of fused-ring (bicyclic) bond motifs is 1. The van der Waals surface area contributed by atoms with Crippen LogP contribution in [0.1, 0.15) is 70.3 Å². The lowest BCUT2D eigenvalue weighted by Crippen LogP contribution is -2.41. The lowest BCUT2D eigenvalue weighted by atomic mass is 9.92. The lowest BCUT2D eigenvalue weighted by Gasteiger charge is -2.31. The average Bonchev–Trinajstić information content (AvgIpc) is 3.61. The summed E-state index contributed by atoms with van der Waals surface area (Å²) in [6.07, 6.45) is 11.7. The number of amides is 1. The van der Waals surface area contributed by atoms with E-state index in [9.17, 15) is 4.79 Å². The van der Waals surface area contributed by atoms with Gasteiger partial charge in [-0.25, -0.2) is 9.78 Å². The number of benzene rings is 1. The third-order valence-electron chi connectivity index (χ3n) is 8.36. The van der Waals surface area contributed by atoms with Crippen molar-refractivity contribution in [3.05, 3.63) is 34.6 Å². The number of imidazole rings is 1. The van der Waals surface area contributed by atoms with E-state index in [1.807, 2.05) is 6.33 Å². The van der Waals surface area contributed by atoms with E-state index in [1.165, 1.54) is 12.8 Å². The zero-order valence-corrected chi connectivity index (χ0v) is 24.5. The Labute approximate surface area is 249 Å². The molecule has 6 rings (SSSR count). The summed E-state index contributed by atoms with van der Waals surface area (Å²) in [6, 6.07) is 6.03. The number of halogens is 2. The van der Waals surface area contributed by atoms with Crippen LogP contribution in [0.2, 0.25) is 10.0 Å². The van der Waals surface area contributed by atoms with Crippen molar-refractivity contribution in [1.29, 1.82) is 0 Å². The van der Waals surface area contributed by atoms with Crippen LogP contribution < -0.4 is 21.7 Å². The van der Waals surface area contributed by atoms with E-state index in [1.54, 1.807) is 23.3 Å². The molecule has 0 bridgehead atoms. The third kappa shape index (κ3) is 6.97. The number of rotatable bonds is 7. The number of hydrogen-bond donors (Lipinski definition) is 4. The fraction of sp³-hybridized carbons (Fsp3) is 0.571. The largest absolute Gasteiger partial charge is 0.430 e. The number of hydroxylamine groups is 2. The van der Waals surface area contributed by atoms with Crippen molar-refractivity contribution >= 4 is 57.9 Å². The van der Waals surface area contributed by atoms with Crippen molar-refractivity contribution in [3.63, 3.8) is 0 Å². The van der Waals surface area contributed by atoms with Crippen LogP contribution in [0.5, 0.6) is 0 Å². The van der Waals surface area contributed by atoms with Gasteiger partial charge in [-0.05, 0) is 69.6 Å². The van der Waals surface area contributed by atoms with Gasteiger partial charge in [-0.3, -0.25) is 5.32 Å². The smallest absolute Gasteiger partial charge is 0.365 e. The van der Waals surface area contributed by atoms with E-state index in [2.05, 4.69) is 20.5 Å². The maximum atomic E-state index is 12.4. The Bertz CT molecular complexity index is 1340. The predicted octanol–water partition coefficient (Wildman–Crippen LogP) is 5.97. The number of hydrogen-bond acceptors (Lipinski definition) is 9. The molecular weight excluding hydrogens is 565 g/mol. The second-order valence-electron chi connectivity index (χ2n) is 11.4. The van der Waals surface area contributed by atoms with Gasteiger partial charge in [-0.1, -0.05) is 36.0 Å². The molecule has 1 aliphatic heterocycles. The molecule has 3 fully saturated rings. The maximum Gasteiger partial charge on any atom is 0.430 e. The van der Waals surface area contributed by atoms with E-state index in [4.69, 9.17) is 48.7 Å². The van der Waals surface area contributed by atoms with Gasteiger partial charge < -0.3 is 25.8 Å². The number of carbonyl (C=O) groups is 1. The van der Waals surface area contributed by atoms with E-state index in [-0.39, 0.29) is 12.1 Å². The van der Waals surface area contributed by atoms with Crippen LogP contribution >= 0.6 is 23.2 Å². The molecule has 41 heavy (non-hydrogen) atoms. The number of nitrogens with two attached hydrogens (primary N) is 1. The molecule has 2 aliphatic carbocycles. The van der Waals surface area contributed by atoms with Crippen molar-refractivity contribution in [3.8, 4) is 0 Å². The van der Waals surface area contributed by atoms with Crippen LogP contribution in [0.3, 0.4) is 0 Å². The van der Waals surface area contributed by atoms with Crippen LogP contribution in [0.4, 0.5) is 22.2 Å². The van der Waals surface area contributed by atoms with E-state index >= 15 is 0 Å². The quantitative estimate of drug-likeness (QED) is 0.258. The molecule has 0 spiro atoms. The Morgan fingerprint density at radius 3 is 2.29 bits per heavy atom. The third-order valence-corrected chi connectivity index (χ3v) is 8.80. The summed E-state index contributed by atoms with van der Waals surface area (Å²) >= 11 is 12.1. The summed E-state index contributed by atoms with van der Waals surface area (Å²) in [5, 5.41) is 12.5. The standard InChI is InChI=1S/C28H37Cl2N9O2/c29-17-13-18(30)15-22(14-17)35-28(40)41-38-11-9-21(10-12-38)33-25-24-26(39(16-32-24)23-3-1-2-4-23)37-27(36-25)34-20-7-5-19(31)6-8-20/h13-16,19-21,23H,1-12,31H2,(H,35,40)(H2,33,34,36,37). The zero-order valence-electron chi connectivity index (χ0n) is 23.0. The molecule has 0 radical (unpaired) electrons. The molecule has 3 aliphatic rings. The van der Waals surface area contributed by atoms with Gasteiger partial charge in [0, 0.05) is 53.0 Å². The maximum absolute atomic E-state index is 12.4. The minimum Gasteiger partial charge on any atom is -0.365 e. The molecular formula is C28H37Cl2N9O2. The summed E-state index contributed by atoms with van der Waals surface area (Å²) in [5.74, 6) is 1.38. The Morgan fingerprint density at radius 2 is 1.59 bits per heavy atom. The van der Waals surface area contributed by atoms with Gasteiger partial charge in [0.25, 0.3) is 0 Å². The van der Waals surface area contributed by atoms with Gasteiger partial charge in [0.1, 0.15) is 0 Å². The monoisotopic (exact) mass is 601 g/mol. The van der Waals surface area contributed by atoms with Gasteiger partial charge in [0.2, 0.25) is 5.95 Å². The lowest BCUT2D eigenvalue weighted by molar-refractivity contribution is -0.106. The SMILES string of the molecule is NC1CCC(Nc2nc(NC3CCN(OC(=O)Nc4cc(Cl)cc(Cl)c4)CC3)c3ncn(C4CCCC4)c3n2)CC1. The molecule has 3 heterocycles. The Morgan fingerprint density at radius 1 is 0.902 bits per heavy atom. The molecule has 220 valence electrons. The van der Waals surface area contributed by atoms with Crippen molar-refractivity contribution < 1.29 is 9.63 Å². The van der Waals surface area contributed by atoms with Crippen LogP contribution in [0, 0.1) is 0 Å². The Balaban J connectivity index is 1.11. The van der Waals surface area contributed by atoms with Crippen LogP contribution in [0.15, 0.2) is 24.5 Å². The van der Waals surface area contributed by atoms with Crippen LogP contribution in [-0.4, -0.2) is 61.9 Å². The number of piperidine rings is 1. The molecule has 11 nitrogen and oxygen atoms in total. The number of nitrogens with one attached hydrogen (secondary N) is 3. The average molecular weight is 603 g/mol. The molecule has 13 heteroatoms. The first-order valence-corrected chi connectivity index (χ1v) is 15.4. The molecule has 1 amide bonds. The summed E-state index contributed by atoms with van der Waals surface area (Å²) < 4.78 is 2.24. The minimum absolute atomic E-state index is 0.153. The summed E-state index contributed by atoms with van der Waals surface area (Å²) in [7, 11) is 0. The normalized spacial score (nSPS) is 22.6. The fourth-order valence-electron chi connectivity index (χ4n) is 6.15. The molecule has 1 aromatic carbocycles. The first kappa shape index (κ1) is 28.3. The highest BCUT2D eigenvalue weighted by Gasteiger charge is 2.27. The minimum atomic E-state index is -0.580. The van der Waals surface area contributed by atoms with Crippen LogP contribution in [0.25, 0.3) is 11.2 Å². The Hall–Kier alpha value is -2.86. The highest BCUT2D eigenvalue weighted by atomic mass is 35.5. The second kappa shape index (κ2) is 12.6. The van der Waals surface area contributed by atoms with Gasteiger partial charge in [0.15, 0.2) is 17.0 Å². The molecule has 0 unspecified atom stereocenters. The van der Waals surface area contributed by atoms with Crippen LogP contribution in [-0.2, 0) is 4.84 Å². The highest BCUT2D eigenvalue weighted by Crippen LogP contribution is 2.34. The van der Waals surface area contributed by atoms with E-state index < -0.39 is 6.09 Å². The molecule has 2 aromatic heterocycles. The topological polar surface area (TPSA) is 135 Å². The number of carbonyl (C=O) groups excluding carboxylic acids is 1. The van der Waals surface area contributed by atoms with Crippen molar-refractivity contribution in [2.24, 2.45) is 5.73 Å². The van der Waals surface area contributed by atoms with Crippen molar-refractivity contribution in [2.75, 3.05) is 29.0 Å². The first-order chi connectivity index (χ1) is 19.9. The van der Waals surface area contributed by atoms with E-state index in [0.717, 1.165) is 68.3 Å². The summed E-state index contributed by atoms with van der Waals surface area (Å²) in [6.45, 7) is 1.17. The first-order valence-electron chi connectivity index (χ1n) is 14.6. The Kier molecular flexibility index (Phi) is 8.66. The van der Waals surface area contributed by atoms with Gasteiger partial charge in [0.05, 0.1) is 6.33 Å². The fourth-order valence-corrected chi connectivity index (χ4v) is 6.67. The second-order valence-corrected chi connectivity index (χ2v) is 12.3. The van der Waals surface area contributed by atoms with Crippen molar-refractivity contribution in [2.45, 2.75) is 88.4 Å². The molecule has 2 saturated carbocycles. The van der Waals surface area contributed by atoms with E-state index in [0.29, 0.717) is 46.9 Å². The molecule has 3 aromatic rings. The number of aromatic nitrogens is 4. The van der Waals surface area contributed by atoms with Crippen molar-refractivity contribution in [1.82, 2.24) is 24.6 Å². The molecule has 0 atom stereocenters. The number of nitrogens with zero attached hydrogens (tertiary/aromatic N) is 5. The summed E-state index contributed by atoms with van der Waals surface area (Å²) in [5.41, 5.74) is 8.28. The van der Waals surface area contributed by atoms with Gasteiger partial charge in [-0.2, -0.15) is 9.97 Å². The van der Waals surface area contributed by atoms with Gasteiger partial charge >= 0.3 is 6.09 Å².